The molecule has 0 aromatic carbocycles. The van der Waals surface area contributed by atoms with Crippen molar-refractivity contribution < 1.29 is 0 Å². The van der Waals surface area contributed by atoms with Gasteiger partial charge in [0.05, 0.1) is 0 Å². The van der Waals surface area contributed by atoms with E-state index in [0.717, 1.165) is 24.5 Å². The van der Waals surface area contributed by atoms with Gasteiger partial charge < -0.3 is 22.1 Å². The molecule has 20 heavy (non-hydrogen) atoms. The minimum Gasteiger partial charge on any atom is -0.384 e. The molecule has 1 saturated heterocycles. The summed E-state index contributed by atoms with van der Waals surface area (Å²) in [4.78, 5) is 10.4. The van der Waals surface area contributed by atoms with Crippen LogP contribution in [-0.2, 0) is 0 Å². The van der Waals surface area contributed by atoms with Crippen molar-refractivity contribution in [1.29, 1.82) is 0 Å². The van der Waals surface area contributed by atoms with Crippen molar-refractivity contribution in [2.24, 2.45) is 16.5 Å². The molecule has 1 aliphatic rings. The number of nitrogens with two attached hydrogens (primary N) is 3. The fraction of sp³-hybridized carbons (Fsp3) is 0.286. The van der Waals surface area contributed by atoms with Gasteiger partial charge in [0.15, 0.2) is 0 Å². The molecule has 2 rings (SSSR count). The lowest BCUT2D eigenvalue weighted by Crippen LogP contribution is -2.54. The summed E-state index contributed by atoms with van der Waals surface area (Å²) in [6, 6.07) is 3.71. The molecule has 0 saturated carbocycles. The molecule has 1 fully saturated rings. The SMILES string of the molecule is C/C=C(\N=C(/N)c1ccnc(N)c1)N1CC(N)C1.C=C. The Morgan fingerprint density at radius 1 is 1.50 bits per heavy atom. The molecule has 0 atom stereocenters. The number of nitrogen functional groups attached to an aromatic ring is 1. The van der Waals surface area contributed by atoms with Crippen LogP contribution in [0.15, 0.2) is 48.4 Å². The molecule has 2 heterocycles. The Balaban J connectivity index is 0.000000956. The van der Waals surface area contributed by atoms with Crippen molar-refractivity contribution in [1.82, 2.24) is 9.88 Å². The van der Waals surface area contributed by atoms with Gasteiger partial charge in [0, 0.05) is 30.9 Å². The van der Waals surface area contributed by atoms with Crippen LogP contribution in [0.5, 0.6) is 0 Å². The first-order valence-corrected chi connectivity index (χ1v) is 6.33. The predicted octanol–water partition coefficient (Wildman–Crippen LogP) is 0.676. The molecular formula is C14H22N6. The van der Waals surface area contributed by atoms with Crippen molar-refractivity contribution in [3.63, 3.8) is 0 Å². The number of nitrogens with zero attached hydrogens (tertiary/aromatic N) is 3. The summed E-state index contributed by atoms with van der Waals surface area (Å²) in [6.07, 6.45) is 3.53. The average Bonchev–Trinajstić information content (AvgIpc) is 2.43. The van der Waals surface area contributed by atoms with E-state index in [2.05, 4.69) is 28.0 Å². The van der Waals surface area contributed by atoms with Crippen LogP contribution in [0.4, 0.5) is 5.82 Å². The van der Waals surface area contributed by atoms with E-state index in [-0.39, 0.29) is 6.04 Å². The third-order valence-corrected chi connectivity index (χ3v) is 2.80. The zero-order valence-corrected chi connectivity index (χ0v) is 11.8. The predicted molar refractivity (Wildman–Crippen MR) is 83.9 cm³/mol. The highest BCUT2D eigenvalue weighted by molar-refractivity contribution is 5.98. The van der Waals surface area contributed by atoms with E-state index in [1.807, 2.05) is 13.0 Å². The van der Waals surface area contributed by atoms with E-state index >= 15 is 0 Å². The van der Waals surface area contributed by atoms with Crippen LogP contribution in [-0.4, -0.2) is 34.9 Å². The number of hydrogen-bond donors (Lipinski definition) is 3. The molecule has 1 aromatic rings. The summed E-state index contributed by atoms with van der Waals surface area (Å²) >= 11 is 0. The summed E-state index contributed by atoms with van der Waals surface area (Å²) in [7, 11) is 0. The van der Waals surface area contributed by atoms with Crippen LogP contribution in [0.2, 0.25) is 0 Å². The zero-order valence-electron chi connectivity index (χ0n) is 11.8. The van der Waals surface area contributed by atoms with Crippen molar-refractivity contribution >= 4 is 11.7 Å². The smallest absolute Gasteiger partial charge is 0.133 e. The highest BCUT2D eigenvalue weighted by Crippen LogP contribution is 2.16. The molecule has 0 spiro atoms. The van der Waals surface area contributed by atoms with Gasteiger partial charge in [-0.2, -0.15) is 0 Å². The molecule has 1 aromatic heterocycles. The van der Waals surface area contributed by atoms with Crippen molar-refractivity contribution in [3.8, 4) is 0 Å². The summed E-state index contributed by atoms with van der Waals surface area (Å²) in [5.74, 6) is 1.70. The van der Waals surface area contributed by atoms with Gasteiger partial charge in [0.1, 0.15) is 17.5 Å². The van der Waals surface area contributed by atoms with Gasteiger partial charge in [-0.3, -0.25) is 0 Å². The maximum Gasteiger partial charge on any atom is 0.133 e. The van der Waals surface area contributed by atoms with Gasteiger partial charge in [-0.1, -0.05) is 0 Å². The number of anilines is 1. The molecule has 0 unspecified atom stereocenters. The van der Waals surface area contributed by atoms with E-state index in [1.165, 1.54) is 0 Å². The number of allylic oxidation sites excluding steroid dienone is 1. The lowest BCUT2D eigenvalue weighted by atomic mass is 10.1. The minimum absolute atomic E-state index is 0.230. The van der Waals surface area contributed by atoms with Crippen LogP contribution in [0, 0.1) is 0 Å². The quantitative estimate of drug-likeness (QED) is 0.427. The fourth-order valence-corrected chi connectivity index (χ4v) is 1.81. The topological polar surface area (TPSA) is 107 Å². The van der Waals surface area contributed by atoms with Gasteiger partial charge in [-0.25, -0.2) is 9.98 Å². The molecule has 0 bridgehead atoms. The highest BCUT2D eigenvalue weighted by atomic mass is 15.3. The third-order valence-electron chi connectivity index (χ3n) is 2.80. The molecule has 6 heteroatoms. The monoisotopic (exact) mass is 274 g/mol. The average molecular weight is 274 g/mol. The highest BCUT2D eigenvalue weighted by Gasteiger charge is 2.24. The number of aliphatic imine (C=N–C) groups is 1. The largest absolute Gasteiger partial charge is 0.384 e. The summed E-state index contributed by atoms with van der Waals surface area (Å²) in [5, 5.41) is 0. The van der Waals surface area contributed by atoms with E-state index in [0.29, 0.717) is 11.7 Å². The molecule has 6 nitrogen and oxygen atoms in total. The maximum atomic E-state index is 5.96. The fourth-order valence-electron chi connectivity index (χ4n) is 1.81. The Hall–Kier alpha value is -2.34. The summed E-state index contributed by atoms with van der Waals surface area (Å²) < 4.78 is 0. The van der Waals surface area contributed by atoms with Crippen LogP contribution in [0.1, 0.15) is 12.5 Å². The Kier molecular flexibility index (Phi) is 5.74. The lowest BCUT2D eigenvalue weighted by Gasteiger charge is -2.38. The number of likely N-dealkylation sites (tertiary alicyclic amines) is 1. The molecule has 108 valence electrons. The molecule has 0 radical (unpaired) electrons. The number of rotatable bonds is 3. The van der Waals surface area contributed by atoms with Gasteiger partial charge in [-0.15, -0.1) is 13.2 Å². The first-order valence-electron chi connectivity index (χ1n) is 6.33. The van der Waals surface area contributed by atoms with E-state index < -0.39 is 0 Å². The van der Waals surface area contributed by atoms with E-state index in [4.69, 9.17) is 17.2 Å². The number of aromatic nitrogens is 1. The van der Waals surface area contributed by atoms with Gasteiger partial charge in [0.2, 0.25) is 0 Å². The Bertz CT molecular complexity index is 502. The first-order chi connectivity index (χ1) is 9.60. The third kappa shape index (κ3) is 3.83. The van der Waals surface area contributed by atoms with Crippen LogP contribution >= 0.6 is 0 Å². The Morgan fingerprint density at radius 2 is 2.15 bits per heavy atom. The van der Waals surface area contributed by atoms with E-state index in [9.17, 15) is 0 Å². The number of amidine groups is 1. The van der Waals surface area contributed by atoms with Crippen LogP contribution in [0.25, 0.3) is 0 Å². The molecule has 0 aliphatic carbocycles. The molecule has 0 amide bonds. The minimum atomic E-state index is 0.230. The lowest BCUT2D eigenvalue weighted by molar-refractivity contribution is 0.199. The molecule has 6 N–H and O–H groups in total. The van der Waals surface area contributed by atoms with Crippen LogP contribution in [0.3, 0.4) is 0 Å². The van der Waals surface area contributed by atoms with Gasteiger partial charge in [-0.05, 0) is 25.1 Å². The standard InChI is InChI=1S/C12H18N6.C2H4/c1-2-11(18-6-9(13)7-18)17-12(15)8-3-4-16-10(14)5-8;1-2/h2-5,9H,6-7,13H2,1H3,(H2,14,16)(H2,15,17);1-2H2/b11-2+;. The Morgan fingerprint density at radius 3 is 2.65 bits per heavy atom. The second kappa shape index (κ2) is 7.30. The maximum absolute atomic E-state index is 5.96. The zero-order chi connectivity index (χ0) is 15.1. The summed E-state index contributed by atoms with van der Waals surface area (Å²) in [5.41, 5.74) is 18.1. The molecular weight excluding hydrogens is 252 g/mol. The second-order valence-electron chi connectivity index (χ2n) is 4.28. The number of hydrogen-bond acceptors (Lipinski definition) is 5. The normalized spacial score (nSPS) is 16.2. The van der Waals surface area contributed by atoms with Crippen molar-refractivity contribution in [2.75, 3.05) is 18.8 Å². The summed E-state index contributed by atoms with van der Waals surface area (Å²) in [6.45, 7) is 9.56. The second-order valence-corrected chi connectivity index (χ2v) is 4.28. The van der Waals surface area contributed by atoms with Gasteiger partial charge >= 0.3 is 0 Å². The van der Waals surface area contributed by atoms with E-state index in [1.54, 1.807) is 18.3 Å². The van der Waals surface area contributed by atoms with Gasteiger partial charge in [0.25, 0.3) is 0 Å². The first kappa shape index (κ1) is 15.7. The number of pyridine rings is 1. The van der Waals surface area contributed by atoms with Crippen molar-refractivity contribution in [2.45, 2.75) is 13.0 Å². The molecule has 1 aliphatic heterocycles. The van der Waals surface area contributed by atoms with Crippen molar-refractivity contribution in [3.05, 3.63) is 48.9 Å². The van der Waals surface area contributed by atoms with Crippen LogP contribution < -0.4 is 17.2 Å². The Labute approximate surface area is 119 Å².